The van der Waals surface area contributed by atoms with E-state index >= 15 is 0 Å². The summed E-state index contributed by atoms with van der Waals surface area (Å²) in [6.07, 6.45) is 2.67. The molecule has 1 heterocycles. The van der Waals surface area contributed by atoms with Crippen LogP contribution in [0.3, 0.4) is 0 Å². The Morgan fingerprint density at radius 2 is 1.60 bits per heavy atom. The molecule has 1 saturated carbocycles. The Balaban J connectivity index is 2.05. The molecule has 0 unspecified atom stereocenters. The highest BCUT2D eigenvalue weighted by atomic mass is 16.7. The van der Waals surface area contributed by atoms with Gasteiger partial charge in [0.25, 0.3) is 0 Å². The summed E-state index contributed by atoms with van der Waals surface area (Å²) >= 11 is 0. The zero-order chi connectivity index (χ0) is 11.3. The van der Waals surface area contributed by atoms with E-state index in [1.165, 1.54) is 18.4 Å². The first-order valence-electron chi connectivity index (χ1n) is 5.86. The smallest absolute Gasteiger partial charge is 0.400 e. The third-order valence-corrected chi connectivity index (χ3v) is 3.89. The van der Waals surface area contributed by atoms with Crippen molar-refractivity contribution in [1.29, 1.82) is 0 Å². The van der Waals surface area contributed by atoms with E-state index in [2.05, 4.69) is 40.6 Å². The maximum Gasteiger partial charge on any atom is 0.487 e. The lowest BCUT2D eigenvalue weighted by molar-refractivity contribution is 0.00578. The molecule has 0 atom stereocenters. The molecular formula is C12H21BO2. The van der Waals surface area contributed by atoms with Crippen molar-refractivity contribution in [3.05, 3.63) is 11.5 Å². The summed E-state index contributed by atoms with van der Waals surface area (Å²) in [6, 6.07) is 0. The first kappa shape index (κ1) is 11.2. The summed E-state index contributed by atoms with van der Waals surface area (Å²) in [5.74, 6) is 2.94. The zero-order valence-electron chi connectivity index (χ0n) is 10.5. The molecule has 0 amide bonds. The predicted molar refractivity (Wildman–Crippen MR) is 62.6 cm³/mol. The molecule has 0 radical (unpaired) electrons. The fraction of sp³-hybridized carbons (Fsp3) is 0.833. The van der Waals surface area contributed by atoms with Crippen molar-refractivity contribution in [2.24, 2.45) is 5.92 Å². The van der Waals surface area contributed by atoms with Gasteiger partial charge in [-0.2, -0.15) is 0 Å². The Labute approximate surface area is 93.2 Å². The summed E-state index contributed by atoms with van der Waals surface area (Å²) in [7, 11) is -0.157. The molecule has 3 heteroatoms. The van der Waals surface area contributed by atoms with Crippen LogP contribution < -0.4 is 0 Å². The van der Waals surface area contributed by atoms with Gasteiger partial charge in [-0.15, -0.1) is 0 Å². The topological polar surface area (TPSA) is 18.5 Å². The highest BCUT2D eigenvalue weighted by Crippen LogP contribution is 2.40. The molecule has 2 rings (SSSR count). The molecule has 84 valence electrons. The molecule has 0 N–H and O–H groups in total. The van der Waals surface area contributed by atoms with E-state index in [0.717, 1.165) is 5.92 Å². The highest BCUT2D eigenvalue weighted by molar-refractivity contribution is 6.51. The summed E-state index contributed by atoms with van der Waals surface area (Å²) in [5, 5.41) is 0. The molecule has 1 aliphatic heterocycles. The summed E-state index contributed by atoms with van der Waals surface area (Å²) < 4.78 is 11.8. The van der Waals surface area contributed by atoms with Crippen molar-refractivity contribution in [3.63, 3.8) is 0 Å². The first-order chi connectivity index (χ1) is 6.82. The van der Waals surface area contributed by atoms with Gasteiger partial charge in [-0.05, 0) is 53.4 Å². The van der Waals surface area contributed by atoms with Crippen molar-refractivity contribution in [1.82, 2.24) is 0 Å². The lowest BCUT2D eigenvalue weighted by Gasteiger charge is -2.32. The van der Waals surface area contributed by atoms with E-state index in [1.807, 2.05) is 0 Å². The zero-order valence-corrected chi connectivity index (χ0v) is 10.5. The molecule has 2 fully saturated rings. The van der Waals surface area contributed by atoms with Crippen molar-refractivity contribution in [3.8, 4) is 0 Å². The van der Waals surface area contributed by atoms with Crippen LogP contribution in [0.15, 0.2) is 11.5 Å². The second-order valence-corrected chi connectivity index (χ2v) is 5.81. The van der Waals surface area contributed by atoms with E-state index in [9.17, 15) is 0 Å². The van der Waals surface area contributed by atoms with Crippen LogP contribution in [0, 0.1) is 5.92 Å². The fourth-order valence-electron chi connectivity index (χ4n) is 1.85. The van der Waals surface area contributed by atoms with Gasteiger partial charge in [0, 0.05) is 0 Å². The van der Waals surface area contributed by atoms with Crippen LogP contribution in [0.5, 0.6) is 0 Å². The summed E-state index contributed by atoms with van der Waals surface area (Å²) in [4.78, 5) is 0. The molecule has 2 aliphatic rings. The molecule has 0 spiro atoms. The van der Waals surface area contributed by atoms with Crippen molar-refractivity contribution in [2.45, 2.75) is 58.7 Å². The van der Waals surface area contributed by atoms with Crippen molar-refractivity contribution < 1.29 is 9.31 Å². The minimum absolute atomic E-state index is 0.157. The van der Waals surface area contributed by atoms with Crippen LogP contribution in [-0.2, 0) is 9.31 Å². The van der Waals surface area contributed by atoms with Gasteiger partial charge >= 0.3 is 7.12 Å². The molecule has 0 aromatic heterocycles. The molecule has 0 bridgehead atoms. The van der Waals surface area contributed by atoms with Gasteiger partial charge in [-0.3, -0.25) is 0 Å². The van der Waals surface area contributed by atoms with Gasteiger partial charge in [-0.1, -0.05) is 11.5 Å². The minimum Gasteiger partial charge on any atom is -0.400 e. The van der Waals surface area contributed by atoms with Crippen LogP contribution in [0.1, 0.15) is 47.5 Å². The van der Waals surface area contributed by atoms with Crippen LogP contribution in [0.2, 0.25) is 0 Å². The predicted octanol–water partition coefficient (Wildman–Crippen LogP) is 2.97. The van der Waals surface area contributed by atoms with Gasteiger partial charge in [0.2, 0.25) is 0 Å². The standard InChI is InChI=1S/C12H21BO2/c1-9(10-6-7-10)8-13-14-11(2,3)12(4,5)15-13/h8,10H,6-7H2,1-5H3/b9-8+. The Morgan fingerprint density at radius 3 is 2.00 bits per heavy atom. The summed E-state index contributed by atoms with van der Waals surface area (Å²) in [5.41, 5.74) is 1.00. The van der Waals surface area contributed by atoms with Gasteiger partial charge in [-0.25, -0.2) is 0 Å². The quantitative estimate of drug-likeness (QED) is 0.649. The Hall–Kier alpha value is -0.275. The number of hydrogen-bond donors (Lipinski definition) is 0. The van der Waals surface area contributed by atoms with E-state index in [0.29, 0.717) is 0 Å². The van der Waals surface area contributed by atoms with Gasteiger partial charge in [0.05, 0.1) is 11.2 Å². The monoisotopic (exact) mass is 208 g/mol. The molecule has 15 heavy (non-hydrogen) atoms. The van der Waals surface area contributed by atoms with E-state index in [-0.39, 0.29) is 18.3 Å². The number of hydrogen-bond acceptors (Lipinski definition) is 2. The Bertz CT molecular complexity index is 274. The van der Waals surface area contributed by atoms with Crippen molar-refractivity contribution >= 4 is 7.12 Å². The molecular weight excluding hydrogens is 187 g/mol. The maximum absolute atomic E-state index is 5.91. The molecule has 0 aromatic rings. The number of rotatable bonds is 2. The van der Waals surface area contributed by atoms with Crippen molar-refractivity contribution in [2.75, 3.05) is 0 Å². The third kappa shape index (κ3) is 2.14. The molecule has 2 nitrogen and oxygen atoms in total. The Morgan fingerprint density at radius 1 is 1.13 bits per heavy atom. The molecule has 1 saturated heterocycles. The van der Waals surface area contributed by atoms with E-state index in [4.69, 9.17) is 9.31 Å². The average Bonchev–Trinajstić information content (AvgIpc) is 2.79. The molecule has 1 aliphatic carbocycles. The first-order valence-corrected chi connectivity index (χ1v) is 5.86. The second kappa shape index (κ2) is 3.36. The van der Waals surface area contributed by atoms with Gasteiger partial charge < -0.3 is 9.31 Å². The Kier molecular flexibility index (Phi) is 2.51. The maximum atomic E-state index is 5.91. The van der Waals surface area contributed by atoms with E-state index < -0.39 is 0 Å². The van der Waals surface area contributed by atoms with Crippen LogP contribution in [-0.4, -0.2) is 18.3 Å². The normalized spacial score (nSPS) is 29.7. The van der Waals surface area contributed by atoms with Crippen LogP contribution in [0.25, 0.3) is 0 Å². The second-order valence-electron chi connectivity index (χ2n) is 5.81. The third-order valence-electron chi connectivity index (χ3n) is 3.89. The van der Waals surface area contributed by atoms with Gasteiger partial charge in [0.15, 0.2) is 0 Å². The lowest BCUT2D eigenvalue weighted by Crippen LogP contribution is -2.41. The van der Waals surface area contributed by atoms with Gasteiger partial charge in [0.1, 0.15) is 0 Å². The molecule has 0 aromatic carbocycles. The highest BCUT2D eigenvalue weighted by Gasteiger charge is 2.50. The van der Waals surface area contributed by atoms with E-state index in [1.54, 1.807) is 0 Å². The largest absolute Gasteiger partial charge is 0.487 e. The van der Waals surface area contributed by atoms with Crippen LogP contribution >= 0.6 is 0 Å². The SMILES string of the molecule is C/C(=C\B1OC(C)(C)C(C)(C)O1)C1CC1. The van der Waals surface area contributed by atoms with Crippen LogP contribution in [0.4, 0.5) is 0 Å². The minimum atomic E-state index is -0.210. The fourth-order valence-corrected chi connectivity index (χ4v) is 1.85. The number of allylic oxidation sites excluding steroid dienone is 1. The lowest BCUT2D eigenvalue weighted by atomic mass is 9.86. The average molecular weight is 208 g/mol. The summed E-state index contributed by atoms with van der Waals surface area (Å²) in [6.45, 7) is 10.5.